The number of amides is 1. The predicted molar refractivity (Wildman–Crippen MR) is 137 cm³/mol. The molecule has 1 aliphatic heterocycles. The highest BCUT2D eigenvalue weighted by Gasteiger charge is 2.35. The molecule has 0 aliphatic carbocycles. The van der Waals surface area contributed by atoms with E-state index in [1.165, 1.54) is 11.8 Å². The summed E-state index contributed by atoms with van der Waals surface area (Å²) in [5, 5.41) is 7.77. The number of rotatable bonds is 5. The van der Waals surface area contributed by atoms with E-state index in [2.05, 4.69) is 15.3 Å². The Labute approximate surface area is 207 Å². The highest BCUT2D eigenvalue weighted by atomic mass is 32.2. The molecule has 0 unspecified atom stereocenters. The number of hydrogen-bond donors (Lipinski definition) is 1. The molecule has 1 N–H and O–H groups in total. The monoisotopic (exact) mass is 487 g/mol. The first-order valence-corrected chi connectivity index (χ1v) is 12.2. The Hall–Kier alpha value is -3.85. The van der Waals surface area contributed by atoms with E-state index in [0.29, 0.717) is 23.3 Å². The van der Waals surface area contributed by atoms with Crippen molar-refractivity contribution >= 4 is 23.5 Å². The molecular weight excluding hydrogens is 462 g/mol. The summed E-state index contributed by atoms with van der Waals surface area (Å²) in [4.78, 5) is 22.1. The van der Waals surface area contributed by atoms with Crippen LogP contribution in [0.5, 0.6) is 11.5 Å². The second kappa shape index (κ2) is 9.42. The molecular formula is C26H25N5O3S. The fraction of sp³-hybridized carbons (Fsp3) is 0.231. The normalized spacial score (nSPS) is 15.2. The second-order valence-corrected chi connectivity index (χ2v) is 9.25. The van der Waals surface area contributed by atoms with Gasteiger partial charge in [-0.1, -0.05) is 42.5 Å². The maximum absolute atomic E-state index is 12.9. The van der Waals surface area contributed by atoms with Crippen molar-refractivity contribution in [1.82, 2.24) is 19.7 Å². The first kappa shape index (κ1) is 22.9. The lowest BCUT2D eigenvalue weighted by atomic mass is 9.99. The lowest BCUT2D eigenvalue weighted by Crippen LogP contribution is -2.17. The Balaban J connectivity index is 1.82. The smallest absolute Gasteiger partial charge is 0.252 e. The molecule has 0 radical (unpaired) electrons. The number of benzene rings is 2. The minimum Gasteiger partial charge on any atom is -0.493 e. The van der Waals surface area contributed by atoms with Crippen LogP contribution in [0.4, 0.5) is 5.82 Å². The molecule has 178 valence electrons. The van der Waals surface area contributed by atoms with Crippen LogP contribution in [0.25, 0.3) is 17.2 Å². The van der Waals surface area contributed by atoms with Crippen molar-refractivity contribution in [2.45, 2.75) is 19.1 Å². The number of hydrogen-bond acceptors (Lipinski definition) is 7. The number of nitrogens with zero attached hydrogens (tertiary/aromatic N) is 4. The van der Waals surface area contributed by atoms with Crippen LogP contribution in [0, 0.1) is 13.8 Å². The fourth-order valence-electron chi connectivity index (χ4n) is 4.33. The maximum Gasteiger partial charge on any atom is 0.252 e. The van der Waals surface area contributed by atoms with Gasteiger partial charge in [-0.05, 0) is 26.0 Å². The molecule has 1 aliphatic rings. The van der Waals surface area contributed by atoms with Gasteiger partial charge < -0.3 is 14.8 Å². The molecule has 0 spiro atoms. The number of carbonyl (C=O) groups excluding carboxylic acids is 1. The largest absolute Gasteiger partial charge is 0.493 e. The van der Waals surface area contributed by atoms with E-state index in [4.69, 9.17) is 14.6 Å². The third-order valence-corrected chi connectivity index (χ3v) is 7.00. The summed E-state index contributed by atoms with van der Waals surface area (Å²) in [6.45, 7) is 3.83. The van der Waals surface area contributed by atoms with Gasteiger partial charge in [0.1, 0.15) is 5.82 Å². The molecule has 0 fully saturated rings. The molecule has 3 heterocycles. The zero-order valence-electron chi connectivity index (χ0n) is 19.9. The van der Waals surface area contributed by atoms with E-state index in [1.807, 2.05) is 68.4 Å². The van der Waals surface area contributed by atoms with Crippen LogP contribution in [0.3, 0.4) is 0 Å². The first-order chi connectivity index (χ1) is 17.0. The van der Waals surface area contributed by atoms with Crippen LogP contribution in [-0.4, -0.2) is 45.6 Å². The van der Waals surface area contributed by atoms with Crippen LogP contribution >= 0.6 is 11.8 Å². The van der Waals surface area contributed by atoms with Crippen molar-refractivity contribution in [2.24, 2.45) is 0 Å². The number of nitrogens with one attached hydrogen (secondary N) is 1. The molecule has 4 aromatic rings. The number of aryl methyl sites for hydroxylation is 2. The zero-order valence-corrected chi connectivity index (χ0v) is 20.7. The Bertz CT molecular complexity index is 1380. The highest BCUT2D eigenvalue weighted by Crippen LogP contribution is 2.50. The van der Waals surface area contributed by atoms with Gasteiger partial charge in [-0.25, -0.2) is 9.97 Å². The van der Waals surface area contributed by atoms with Crippen molar-refractivity contribution in [3.8, 4) is 28.7 Å². The Morgan fingerprint density at radius 3 is 2.43 bits per heavy atom. The van der Waals surface area contributed by atoms with E-state index in [0.717, 1.165) is 33.8 Å². The van der Waals surface area contributed by atoms with Gasteiger partial charge in [0.05, 0.1) is 30.9 Å². The minimum absolute atomic E-state index is 0.120. The molecule has 9 heteroatoms. The number of thioether (sulfide) groups is 1. The zero-order chi connectivity index (χ0) is 24.5. The van der Waals surface area contributed by atoms with E-state index in [1.54, 1.807) is 18.9 Å². The van der Waals surface area contributed by atoms with Gasteiger partial charge in [-0.2, -0.15) is 9.78 Å². The summed E-state index contributed by atoms with van der Waals surface area (Å²) < 4.78 is 13.0. The van der Waals surface area contributed by atoms with Crippen molar-refractivity contribution in [2.75, 3.05) is 25.3 Å². The van der Waals surface area contributed by atoms with Crippen molar-refractivity contribution in [3.63, 3.8) is 0 Å². The average molecular weight is 488 g/mol. The number of methoxy groups -OCH3 is 2. The Morgan fingerprint density at radius 1 is 1.00 bits per heavy atom. The van der Waals surface area contributed by atoms with Crippen LogP contribution in [0.15, 0.2) is 54.6 Å². The standard InChI is InChI=1S/C26H25N5O3S/c1-15-13-16(2)28-26(27-15)31-25-21(22(30-31)17-9-6-5-7-10-17)24(35-14-20(32)29-25)18-11-8-12-19(33-3)23(18)34-4/h5-13,24H,14H2,1-4H3,(H,29,32)/t24-/m0/s1. The summed E-state index contributed by atoms with van der Waals surface area (Å²) in [7, 11) is 3.24. The summed E-state index contributed by atoms with van der Waals surface area (Å²) in [6.07, 6.45) is 0. The first-order valence-electron chi connectivity index (χ1n) is 11.1. The van der Waals surface area contributed by atoms with Crippen LogP contribution in [0.2, 0.25) is 0 Å². The predicted octanol–water partition coefficient (Wildman–Crippen LogP) is 4.74. The van der Waals surface area contributed by atoms with Crippen LogP contribution in [-0.2, 0) is 4.79 Å². The second-order valence-electron chi connectivity index (χ2n) is 8.16. The van der Waals surface area contributed by atoms with Crippen molar-refractivity contribution in [1.29, 1.82) is 0 Å². The number of para-hydroxylation sites is 1. The number of anilines is 1. The minimum atomic E-state index is -0.260. The third kappa shape index (κ3) is 4.23. The van der Waals surface area contributed by atoms with Gasteiger partial charge in [0.15, 0.2) is 11.5 Å². The molecule has 5 rings (SSSR count). The van der Waals surface area contributed by atoms with E-state index in [-0.39, 0.29) is 16.9 Å². The lowest BCUT2D eigenvalue weighted by molar-refractivity contribution is -0.113. The summed E-state index contributed by atoms with van der Waals surface area (Å²) >= 11 is 1.52. The highest BCUT2D eigenvalue weighted by molar-refractivity contribution is 8.00. The van der Waals surface area contributed by atoms with E-state index in [9.17, 15) is 4.79 Å². The van der Waals surface area contributed by atoms with Gasteiger partial charge in [0.25, 0.3) is 5.95 Å². The molecule has 0 saturated heterocycles. The Morgan fingerprint density at radius 2 is 1.74 bits per heavy atom. The number of ether oxygens (including phenoxy) is 2. The van der Waals surface area contributed by atoms with E-state index >= 15 is 0 Å². The summed E-state index contributed by atoms with van der Waals surface area (Å²) in [5.74, 6) is 2.36. The van der Waals surface area contributed by atoms with Crippen LogP contribution < -0.4 is 14.8 Å². The summed E-state index contributed by atoms with van der Waals surface area (Å²) in [5.41, 5.74) is 5.06. The Kier molecular flexibility index (Phi) is 6.17. The SMILES string of the molecule is COc1cccc([C@@H]2SCC(=O)Nc3c2c(-c2ccccc2)nn3-c2nc(C)cc(C)n2)c1OC. The van der Waals surface area contributed by atoms with Gasteiger partial charge in [0.2, 0.25) is 5.91 Å². The molecule has 2 aromatic carbocycles. The topological polar surface area (TPSA) is 91.2 Å². The molecule has 1 amide bonds. The molecule has 0 saturated carbocycles. The molecule has 2 aromatic heterocycles. The molecule has 35 heavy (non-hydrogen) atoms. The maximum atomic E-state index is 12.9. The lowest BCUT2D eigenvalue weighted by Gasteiger charge is -2.20. The van der Waals surface area contributed by atoms with Gasteiger partial charge in [-0.3, -0.25) is 4.79 Å². The van der Waals surface area contributed by atoms with Crippen LogP contribution in [0.1, 0.15) is 27.8 Å². The molecule has 8 nitrogen and oxygen atoms in total. The molecule has 1 atom stereocenters. The number of fused-ring (bicyclic) bond motifs is 1. The van der Waals surface area contributed by atoms with Gasteiger partial charge in [0, 0.05) is 28.1 Å². The van der Waals surface area contributed by atoms with Crippen molar-refractivity contribution < 1.29 is 14.3 Å². The third-order valence-electron chi connectivity index (χ3n) is 5.75. The molecule has 0 bridgehead atoms. The van der Waals surface area contributed by atoms with Crippen molar-refractivity contribution in [3.05, 3.63) is 77.1 Å². The summed E-state index contributed by atoms with van der Waals surface area (Å²) in [6, 6.07) is 17.6. The van der Waals surface area contributed by atoms with Gasteiger partial charge >= 0.3 is 0 Å². The fourth-order valence-corrected chi connectivity index (χ4v) is 5.47. The number of carbonyl (C=O) groups is 1. The quantitative estimate of drug-likeness (QED) is 0.435. The van der Waals surface area contributed by atoms with Gasteiger partial charge in [-0.15, -0.1) is 11.8 Å². The average Bonchev–Trinajstić information content (AvgIpc) is 3.13. The number of aromatic nitrogens is 4. The van der Waals surface area contributed by atoms with E-state index < -0.39 is 0 Å².